The standard InChI is InChI=1S/C17H34N2O/c1-3-10-19-11-6-16(7-12-19)15(2)18-13-17(14-20)8-4-5-9-17/h15-16,18,20H,3-14H2,1-2H3. The molecule has 118 valence electrons. The third-order valence-corrected chi connectivity index (χ3v) is 5.68. The SMILES string of the molecule is CCCN1CCC(C(C)NCC2(CO)CCCC2)CC1. The van der Waals surface area contributed by atoms with Gasteiger partial charge in [-0.05, 0) is 64.6 Å². The summed E-state index contributed by atoms with van der Waals surface area (Å²) in [6.07, 6.45) is 8.95. The van der Waals surface area contributed by atoms with Crippen molar-refractivity contribution < 1.29 is 5.11 Å². The molecule has 2 aliphatic rings. The Morgan fingerprint density at radius 3 is 2.45 bits per heavy atom. The summed E-state index contributed by atoms with van der Waals surface area (Å²) in [5.74, 6) is 0.820. The van der Waals surface area contributed by atoms with Crippen molar-refractivity contribution in [3.05, 3.63) is 0 Å². The number of likely N-dealkylation sites (tertiary alicyclic amines) is 1. The van der Waals surface area contributed by atoms with Crippen LogP contribution in [0.4, 0.5) is 0 Å². The molecule has 0 aromatic heterocycles. The van der Waals surface area contributed by atoms with Crippen LogP contribution in [0, 0.1) is 11.3 Å². The van der Waals surface area contributed by atoms with Gasteiger partial charge >= 0.3 is 0 Å². The van der Waals surface area contributed by atoms with Gasteiger partial charge in [0.1, 0.15) is 0 Å². The third kappa shape index (κ3) is 4.19. The number of nitrogens with zero attached hydrogens (tertiary/aromatic N) is 1. The first-order valence-corrected chi connectivity index (χ1v) is 8.76. The van der Waals surface area contributed by atoms with Crippen molar-refractivity contribution in [2.24, 2.45) is 11.3 Å². The summed E-state index contributed by atoms with van der Waals surface area (Å²) >= 11 is 0. The fourth-order valence-electron chi connectivity index (χ4n) is 4.05. The maximum absolute atomic E-state index is 9.69. The molecule has 3 nitrogen and oxygen atoms in total. The summed E-state index contributed by atoms with van der Waals surface area (Å²) in [7, 11) is 0. The van der Waals surface area contributed by atoms with Gasteiger partial charge in [-0.2, -0.15) is 0 Å². The molecule has 0 radical (unpaired) electrons. The molecule has 1 aliphatic heterocycles. The maximum atomic E-state index is 9.69. The Bertz CT molecular complexity index is 268. The Hall–Kier alpha value is -0.120. The lowest BCUT2D eigenvalue weighted by Crippen LogP contribution is -2.45. The van der Waals surface area contributed by atoms with Crippen molar-refractivity contribution in [1.29, 1.82) is 0 Å². The van der Waals surface area contributed by atoms with Gasteiger partial charge in [0.05, 0.1) is 0 Å². The molecule has 2 N–H and O–H groups in total. The van der Waals surface area contributed by atoms with E-state index in [0.29, 0.717) is 12.6 Å². The Kier molecular flexibility index (Phi) is 6.31. The van der Waals surface area contributed by atoms with Gasteiger partial charge in [0.15, 0.2) is 0 Å². The average Bonchev–Trinajstić information content (AvgIpc) is 2.95. The molecule has 1 atom stereocenters. The third-order valence-electron chi connectivity index (χ3n) is 5.68. The van der Waals surface area contributed by atoms with Crippen LogP contribution >= 0.6 is 0 Å². The van der Waals surface area contributed by atoms with Crippen LogP contribution in [0.1, 0.15) is 58.8 Å². The first-order valence-electron chi connectivity index (χ1n) is 8.76. The monoisotopic (exact) mass is 282 g/mol. The predicted octanol–water partition coefficient (Wildman–Crippen LogP) is 2.64. The molecule has 0 amide bonds. The molecule has 0 aromatic carbocycles. The van der Waals surface area contributed by atoms with Crippen LogP contribution in [0.15, 0.2) is 0 Å². The van der Waals surface area contributed by atoms with E-state index in [1.54, 1.807) is 0 Å². The number of piperidine rings is 1. The average molecular weight is 282 g/mol. The summed E-state index contributed by atoms with van der Waals surface area (Å²) in [6.45, 7) is 9.81. The van der Waals surface area contributed by atoms with Gasteiger partial charge in [-0.25, -0.2) is 0 Å². The van der Waals surface area contributed by atoms with Crippen molar-refractivity contribution in [1.82, 2.24) is 10.2 Å². The van der Waals surface area contributed by atoms with Gasteiger partial charge in [0.25, 0.3) is 0 Å². The lowest BCUT2D eigenvalue weighted by atomic mass is 9.85. The number of rotatable bonds is 7. The zero-order valence-corrected chi connectivity index (χ0v) is 13.5. The van der Waals surface area contributed by atoms with Crippen LogP contribution in [0.5, 0.6) is 0 Å². The largest absolute Gasteiger partial charge is 0.396 e. The summed E-state index contributed by atoms with van der Waals surface area (Å²) < 4.78 is 0. The maximum Gasteiger partial charge on any atom is 0.0499 e. The normalized spacial score (nSPS) is 25.9. The van der Waals surface area contributed by atoms with Gasteiger partial charge in [-0.3, -0.25) is 0 Å². The molecule has 1 heterocycles. The van der Waals surface area contributed by atoms with Crippen LogP contribution in [-0.4, -0.2) is 48.8 Å². The smallest absolute Gasteiger partial charge is 0.0499 e. The second kappa shape index (κ2) is 7.77. The summed E-state index contributed by atoms with van der Waals surface area (Å²) in [5.41, 5.74) is 0.192. The number of aliphatic hydroxyl groups excluding tert-OH is 1. The second-order valence-corrected chi connectivity index (χ2v) is 7.21. The zero-order chi connectivity index (χ0) is 14.4. The summed E-state index contributed by atoms with van der Waals surface area (Å²) in [4.78, 5) is 2.61. The van der Waals surface area contributed by atoms with Crippen LogP contribution in [0.2, 0.25) is 0 Å². The Labute approximate surface area is 125 Å². The van der Waals surface area contributed by atoms with E-state index in [1.165, 1.54) is 64.6 Å². The van der Waals surface area contributed by atoms with E-state index in [1.807, 2.05) is 0 Å². The highest BCUT2D eigenvalue weighted by Gasteiger charge is 2.34. The first kappa shape index (κ1) is 16.3. The minimum absolute atomic E-state index is 0.192. The summed E-state index contributed by atoms with van der Waals surface area (Å²) in [5, 5.41) is 13.4. The lowest BCUT2D eigenvalue weighted by Gasteiger charge is -2.37. The number of hydrogen-bond donors (Lipinski definition) is 2. The van der Waals surface area contributed by atoms with Crippen molar-refractivity contribution >= 4 is 0 Å². The molecule has 1 saturated carbocycles. The summed E-state index contributed by atoms with van der Waals surface area (Å²) in [6, 6.07) is 0.600. The highest BCUT2D eigenvalue weighted by Crippen LogP contribution is 2.37. The number of aliphatic hydroxyl groups is 1. The molecular formula is C17H34N2O. The number of nitrogens with one attached hydrogen (secondary N) is 1. The molecule has 20 heavy (non-hydrogen) atoms. The lowest BCUT2D eigenvalue weighted by molar-refractivity contribution is 0.113. The fourth-order valence-corrected chi connectivity index (χ4v) is 4.05. The van der Waals surface area contributed by atoms with E-state index in [-0.39, 0.29) is 5.41 Å². The molecule has 1 unspecified atom stereocenters. The van der Waals surface area contributed by atoms with E-state index < -0.39 is 0 Å². The molecule has 1 aliphatic carbocycles. The number of hydrogen-bond acceptors (Lipinski definition) is 3. The topological polar surface area (TPSA) is 35.5 Å². The highest BCUT2D eigenvalue weighted by molar-refractivity contribution is 4.88. The fraction of sp³-hybridized carbons (Fsp3) is 1.00. The van der Waals surface area contributed by atoms with Gasteiger partial charge < -0.3 is 15.3 Å². The van der Waals surface area contributed by atoms with Crippen molar-refractivity contribution in [2.75, 3.05) is 32.8 Å². The Balaban J connectivity index is 1.71. The molecule has 2 rings (SSSR count). The van der Waals surface area contributed by atoms with Gasteiger partial charge in [0.2, 0.25) is 0 Å². The Morgan fingerprint density at radius 2 is 1.90 bits per heavy atom. The van der Waals surface area contributed by atoms with Gasteiger partial charge in [-0.1, -0.05) is 19.8 Å². The molecule has 0 aromatic rings. The zero-order valence-electron chi connectivity index (χ0n) is 13.5. The quantitative estimate of drug-likeness (QED) is 0.753. The van der Waals surface area contributed by atoms with E-state index in [4.69, 9.17) is 0 Å². The first-order chi connectivity index (χ1) is 9.69. The molecule has 0 spiro atoms. The van der Waals surface area contributed by atoms with E-state index >= 15 is 0 Å². The molecule has 3 heteroatoms. The minimum atomic E-state index is 0.192. The minimum Gasteiger partial charge on any atom is -0.396 e. The highest BCUT2D eigenvalue weighted by atomic mass is 16.3. The van der Waals surface area contributed by atoms with Crippen molar-refractivity contribution in [3.8, 4) is 0 Å². The van der Waals surface area contributed by atoms with Crippen molar-refractivity contribution in [3.63, 3.8) is 0 Å². The van der Waals surface area contributed by atoms with E-state index in [9.17, 15) is 5.11 Å². The van der Waals surface area contributed by atoms with Gasteiger partial charge in [0, 0.05) is 24.6 Å². The van der Waals surface area contributed by atoms with Crippen LogP contribution in [-0.2, 0) is 0 Å². The van der Waals surface area contributed by atoms with Crippen LogP contribution < -0.4 is 5.32 Å². The van der Waals surface area contributed by atoms with Gasteiger partial charge in [-0.15, -0.1) is 0 Å². The van der Waals surface area contributed by atoms with Crippen LogP contribution in [0.3, 0.4) is 0 Å². The van der Waals surface area contributed by atoms with Crippen LogP contribution in [0.25, 0.3) is 0 Å². The Morgan fingerprint density at radius 1 is 1.25 bits per heavy atom. The molecule has 1 saturated heterocycles. The molecule has 0 bridgehead atoms. The molecular weight excluding hydrogens is 248 g/mol. The predicted molar refractivity (Wildman–Crippen MR) is 84.9 cm³/mol. The second-order valence-electron chi connectivity index (χ2n) is 7.21. The van der Waals surface area contributed by atoms with E-state index in [2.05, 4.69) is 24.1 Å². The molecule has 2 fully saturated rings. The van der Waals surface area contributed by atoms with E-state index in [0.717, 1.165) is 12.5 Å². The van der Waals surface area contributed by atoms with Crippen molar-refractivity contribution in [2.45, 2.75) is 64.8 Å².